The zero-order chi connectivity index (χ0) is 19.1. The monoisotopic (exact) mass is 379 g/mol. The molecule has 3 aliphatic rings. The molecule has 1 N–H and O–H groups in total. The van der Waals surface area contributed by atoms with E-state index in [1.165, 1.54) is 24.8 Å². The van der Waals surface area contributed by atoms with Gasteiger partial charge in [-0.25, -0.2) is 0 Å². The van der Waals surface area contributed by atoms with Gasteiger partial charge in [-0.15, -0.1) is 0 Å². The van der Waals surface area contributed by atoms with Crippen LogP contribution >= 0.6 is 0 Å². The zero-order valence-corrected chi connectivity index (χ0v) is 16.5. The SMILES string of the molecule is C[C@@H]1CN(c2cc(N3[C@H]4CC[C@H](C4)[C@@H]3Cc3ccccc3)[nH]c(=O)c2)CCO1. The number of rotatable bonds is 4. The lowest BCUT2D eigenvalue weighted by atomic mass is 9.92. The van der Waals surface area contributed by atoms with Crippen molar-refractivity contribution in [3.63, 3.8) is 0 Å². The minimum absolute atomic E-state index is 0.00659. The van der Waals surface area contributed by atoms with Crippen molar-refractivity contribution in [2.45, 2.75) is 50.8 Å². The number of ether oxygens (including phenoxy) is 1. The molecule has 0 radical (unpaired) electrons. The molecular weight excluding hydrogens is 350 g/mol. The summed E-state index contributed by atoms with van der Waals surface area (Å²) in [5.74, 6) is 1.72. The van der Waals surface area contributed by atoms with Crippen LogP contribution in [0.1, 0.15) is 31.7 Å². The smallest absolute Gasteiger partial charge is 0.251 e. The average molecular weight is 380 g/mol. The molecule has 28 heavy (non-hydrogen) atoms. The lowest BCUT2D eigenvalue weighted by Gasteiger charge is -2.38. The van der Waals surface area contributed by atoms with E-state index in [1.54, 1.807) is 6.07 Å². The first-order valence-corrected chi connectivity index (χ1v) is 10.6. The second-order valence-corrected chi connectivity index (χ2v) is 8.61. The van der Waals surface area contributed by atoms with Crippen LogP contribution in [-0.2, 0) is 11.2 Å². The number of aromatic nitrogens is 1. The fraction of sp³-hybridized carbons (Fsp3) is 0.522. The number of aromatic amines is 1. The van der Waals surface area contributed by atoms with E-state index in [1.807, 2.05) is 0 Å². The maximum atomic E-state index is 12.5. The number of hydrogen-bond acceptors (Lipinski definition) is 4. The van der Waals surface area contributed by atoms with E-state index < -0.39 is 0 Å². The summed E-state index contributed by atoms with van der Waals surface area (Å²) in [4.78, 5) is 20.5. The number of nitrogens with zero attached hydrogens (tertiary/aromatic N) is 2. The summed E-state index contributed by atoms with van der Waals surface area (Å²) >= 11 is 0. The maximum absolute atomic E-state index is 12.5. The summed E-state index contributed by atoms with van der Waals surface area (Å²) in [5.41, 5.74) is 2.40. The summed E-state index contributed by atoms with van der Waals surface area (Å²) < 4.78 is 5.68. The number of pyridine rings is 1. The van der Waals surface area contributed by atoms with Gasteiger partial charge in [0.2, 0.25) is 0 Å². The Morgan fingerprint density at radius 1 is 1.18 bits per heavy atom. The van der Waals surface area contributed by atoms with Crippen molar-refractivity contribution in [2.24, 2.45) is 5.92 Å². The van der Waals surface area contributed by atoms with Gasteiger partial charge in [-0.05, 0) is 44.1 Å². The molecule has 5 nitrogen and oxygen atoms in total. The van der Waals surface area contributed by atoms with Crippen molar-refractivity contribution >= 4 is 11.5 Å². The zero-order valence-electron chi connectivity index (χ0n) is 16.5. The van der Waals surface area contributed by atoms with Gasteiger partial charge < -0.3 is 19.5 Å². The third-order valence-corrected chi connectivity index (χ3v) is 6.73. The molecule has 2 bridgehead atoms. The normalized spacial score (nSPS) is 29.5. The van der Waals surface area contributed by atoms with Crippen molar-refractivity contribution in [1.82, 2.24) is 4.98 Å². The van der Waals surface area contributed by atoms with Gasteiger partial charge in [0, 0.05) is 43.0 Å². The van der Waals surface area contributed by atoms with Gasteiger partial charge in [0.15, 0.2) is 0 Å². The van der Waals surface area contributed by atoms with Gasteiger partial charge in [-0.2, -0.15) is 0 Å². The molecule has 4 atom stereocenters. The molecule has 0 unspecified atom stereocenters. The first kappa shape index (κ1) is 17.8. The topological polar surface area (TPSA) is 48.6 Å². The van der Waals surface area contributed by atoms with Gasteiger partial charge in [0.05, 0.1) is 12.7 Å². The quantitative estimate of drug-likeness (QED) is 0.886. The van der Waals surface area contributed by atoms with Crippen molar-refractivity contribution in [3.8, 4) is 0 Å². The Morgan fingerprint density at radius 2 is 2.04 bits per heavy atom. The van der Waals surface area contributed by atoms with Crippen LogP contribution in [0.4, 0.5) is 11.5 Å². The maximum Gasteiger partial charge on any atom is 0.251 e. The lowest BCUT2D eigenvalue weighted by Crippen LogP contribution is -2.44. The van der Waals surface area contributed by atoms with Crippen molar-refractivity contribution in [2.75, 3.05) is 29.5 Å². The second kappa shape index (κ2) is 7.28. The van der Waals surface area contributed by atoms with Crippen molar-refractivity contribution in [3.05, 3.63) is 58.4 Å². The summed E-state index contributed by atoms with van der Waals surface area (Å²) in [6.45, 7) is 4.49. The molecular formula is C23H29N3O2. The second-order valence-electron chi connectivity index (χ2n) is 8.61. The third-order valence-electron chi connectivity index (χ3n) is 6.73. The predicted molar refractivity (Wildman–Crippen MR) is 112 cm³/mol. The first-order valence-electron chi connectivity index (χ1n) is 10.6. The fourth-order valence-electron chi connectivity index (χ4n) is 5.48. The molecule has 1 saturated carbocycles. The molecule has 5 heteroatoms. The molecule has 0 spiro atoms. The fourth-order valence-corrected chi connectivity index (χ4v) is 5.48. The summed E-state index contributed by atoms with van der Waals surface area (Å²) in [6, 6.07) is 15.7. The number of morpholine rings is 1. The highest BCUT2D eigenvalue weighted by Gasteiger charge is 2.46. The molecule has 2 aliphatic heterocycles. The number of hydrogen-bond donors (Lipinski definition) is 1. The van der Waals surface area contributed by atoms with E-state index >= 15 is 0 Å². The molecule has 1 aliphatic carbocycles. The highest BCUT2D eigenvalue weighted by atomic mass is 16.5. The largest absolute Gasteiger partial charge is 0.375 e. The van der Waals surface area contributed by atoms with Crippen molar-refractivity contribution < 1.29 is 4.74 Å². The Labute approximate surface area is 166 Å². The van der Waals surface area contributed by atoms with Crippen LogP contribution in [0.3, 0.4) is 0 Å². The van der Waals surface area contributed by atoms with Gasteiger partial charge in [0.1, 0.15) is 5.82 Å². The predicted octanol–water partition coefficient (Wildman–Crippen LogP) is 3.20. The minimum Gasteiger partial charge on any atom is -0.375 e. The van der Waals surface area contributed by atoms with Crippen LogP contribution in [0.2, 0.25) is 0 Å². The first-order chi connectivity index (χ1) is 13.7. The Hall–Kier alpha value is -2.27. The number of anilines is 2. The third kappa shape index (κ3) is 3.32. The summed E-state index contributed by atoms with van der Waals surface area (Å²) in [5, 5.41) is 0. The highest BCUT2D eigenvalue weighted by molar-refractivity contribution is 5.57. The van der Waals surface area contributed by atoms with Crippen LogP contribution in [0.15, 0.2) is 47.3 Å². The van der Waals surface area contributed by atoms with E-state index in [0.717, 1.165) is 36.9 Å². The van der Waals surface area contributed by atoms with Gasteiger partial charge in [-0.3, -0.25) is 4.79 Å². The Bertz CT molecular complexity index is 881. The average Bonchev–Trinajstić information content (AvgIpc) is 3.30. The number of piperidine rings is 1. The van der Waals surface area contributed by atoms with E-state index in [9.17, 15) is 4.79 Å². The number of H-pyrrole nitrogens is 1. The molecule has 148 valence electrons. The van der Waals surface area contributed by atoms with Crippen LogP contribution < -0.4 is 15.4 Å². The molecule has 3 heterocycles. The van der Waals surface area contributed by atoms with Crippen molar-refractivity contribution in [1.29, 1.82) is 0 Å². The molecule has 2 saturated heterocycles. The molecule has 3 fully saturated rings. The molecule has 1 aromatic carbocycles. The van der Waals surface area contributed by atoms with Gasteiger partial charge >= 0.3 is 0 Å². The van der Waals surface area contributed by atoms with E-state index in [-0.39, 0.29) is 11.7 Å². The van der Waals surface area contributed by atoms with E-state index in [2.05, 4.69) is 58.1 Å². The number of fused-ring (bicyclic) bond motifs is 2. The van der Waals surface area contributed by atoms with E-state index in [0.29, 0.717) is 18.7 Å². The summed E-state index contributed by atoms with van der Waals surface area (Å²) in [7, 11) is 0. The Balaban J connectivity index is 1.46. The standard InChI is InChI=1S/C23H29N3O2/c1-16-15-25(9-10-28-16)20-13-22(24-23(27)14-20)26-19-8-7-18(12-19)21(26)11-17-5-3-2-4-6-17/h2-6,13-14,16,18-19,21H,7-12,15H2,1H3,(H,24,27)/t16-,18-,19+,21+/m1/s1. The Morgan fingerprint density at radius 3 is 2.86 bits per heavy atom. The lowest BCUT2D eigenvalue weighted by molar-refractivity contribution is 0.0532. The van der Waals surface area contributed by atoms with Crippen LogP contribution in [-0.4, -0.2) is 42.9 Å². The number of nitrogens with one attached hydrogen (secondary N) is 1. The van der Waals surface area contributed by atoms with Crippen LogP contribution in [0, 0.1) is 5.92 Å². The molecule has 2 aromatic rings. The Kier molecular flexibility index (Phi) is 4.63. The molecule has 1 aromatic heterocycles. The molecule has 0 amide bonds. The van der Waals surface area contributed by atoms with E-state index in [4.69, 9.17) is 4.74 Å². The van der Waals surface area contributed by atoms with Crippen LogP contribution in [0.5, 0.6) is 0 Å². The van der Waals surface area contributed by atoms with Gasteiger partial charge in [0.25, 0.3) is 5.56 Å². The van der Waals surface area contributed by atoms with Gasteiger partial charge in [-0.1, -0.05) is 30.3 Å². The van der Waals surface area contributed by atoms with Crippen LogP contribution in [0.25, 0.3) is 0 Å². The summed E-state index contributed by atoms with van der Waals surface area (Å²) in [6.07, 6.45) is 5.03. The number of benzene rings is 1. The highest BCUT2D eigenvalue weighted by Crippen LogP contribution is 2.45. The minimum atomic E-state index is -0.00659. The molecule has 5 rings (SSSR count).